The van der Waals surface area contributed by atoms with Gasteiger partial charge in [-0.3, -0.25) is 9.36 Å². The number of aliphatic imine (C=N–C) groups is 1. The van der Waals surface area contributed by atoms with Crippen molar-refractivity contribution in [3.05, 3.63) is 22.7 Å². The molecule has 7 nitrogen and oxygen atoms in total. The van der Waals surface area contributed by atoms with Crippen LogP contribution >= 0.6 is 0 Å². The van der Waals surface area contributed by atoms with E-state index >= 15 is 0 Å². The molecule has 0 saturated carbocycles. The minimum atomic E-state index is -0.692. The number of fused-ring (bicyclic) bond motifs is 4. The molecule has 15 heavy (non-hydrogen) atoms. The number of carbonyl (C=O) groups excluding carboxylic acids is 1. The van der Waals surface area contributed by atoms with E-state index in [1.165, 1.54) is 23.3 Å². The molecule has 3 heterocycles. The van der Waals surface area contributed by atoms with Crippen molar-refractivity contribution < 1.29 is 4.79 Å². The maximum absolute atomic E-state index is 11.5. The summed E-state index contributed by atoms with van der Waals surface area (Å²) in [6, 6.07) is -0.692. The largest absolute Gasteiger partial charge is 0.350 e. The standard InChI is InChI=1S/C8H5N5O2/c9-8(15)13-5-2-12-3-10-6(7(12)14)4(5)1-11-13/h1-3H,(H2,9,15). The Hall–Kier alpha value is -2.44. The van der Waals surface area contributed by atoms with E-state index in [1.807, 2.05) is 0 Å². The van der Waals surface area contributed by atoms with E-state index in [2.05, 4.69) is 10.1 Å². The molecule has 0 fully saturated rings. The van der Waals surface area contributed by atoms with Crippen molar-refractivity contribution in [1.29, 1.82) is 0 Å². The van der Waals surface area contributed by atoms with E-state index in [9.17, 15) is 9.59 Å². The molecule has 2 aromatic heterocycles. The Morgan fingerprint density at radius 3 is 3.00 bits per heavy atom. The van der Waals surface area contributed by atoms with E-state index in [0.29, 0.717) is 16.6 Å². The predicted octanol–water partition coefficient (Wildman–Crippen LogP) is -0.354. The lowest BCUT2D eigenvalue weighted by Crippen LogP contribution is -2.21. The predicted molar refractivity (Wildman–Crippen MR) is 52.5 cm³/mol. The van der Waals surface area contributed by atoms with Crippen LogP contribution in [-0.4, -0.2) is 26.7 Å². The van der Waals surface area contributed by atoms with E-state index in [1.54, 1.807) is 0 Å². The van der Waals surface area contributed by atoms with Gasteiger partial charge in [-0.05, 0) is 0 Å². The van der Waals surface area contributed by atoms with Crippen molar-refractivity contribution in [3.63, 3.8) is 0 Å². The Bertz CT molecular complexity index is 678. The first-order chi connectivity index (χ1) is 7.18. The summed E-state index contributed by atoms with van der Waals surface area (Å²) in [7, 11) is 0. The van der Waals surface area contributed by atoms with E-state index in [4.69, 9.17) is 5.73 Å². The summed E-state index contributed by atoms with van der Waals surface area (Å²) in [6.07, 6.45) is 4.28. The minimum Gasteiger partial charge on any atom is -0.350 e. The highest BCUT2D eigenvalue weighted by molar-refractivity contribution is 5.98. The van der Waals surface area contributed by atoms with Gasteiger partial charge in [0.25, 0.3) is 5.56 Å². The summed E-state index contributed by atoms with van der Waals surface area (Å²) in [4.78, 5) is 26.4. The zero-order valence-electron chi connectivity index (χ0n) is 7.41. The third-order valence-electron chi connectivity index (χ3n) is 2.28. The van der Waals surface area contributed by atoms with E-state index in [0.717, 1.165) is 4.68 Å². The molecule has 0 aliphatic carbocycles. The number of amides is 1. The second-order valence-electron chi connectivity index (χ2n) is 3.13. The minimum absolute atomic E-state index is 0.216. The maximum atomic E-state index is 11.5. The van der Waals surface area contributed by atoms with Crippen LogP contribution in [0.3, 0.4) is 0 Å². The number of primary amides is 1. The highest BCUT2D eigenvalue weighted by Crippen LogP contribution is 2.23. The van der Waals surface area contributed by atoms with E-state index < -0.39 is 6.03 Å². The van der Waals surface area contributed by atoms with Gasteiger partial charge >= 0.3 is 6.03 Å². The maximum Gasteiger partial charge on any atom is 0.340 e. The number of hydrogen-bond acceptors (Lipinski definition) is 4. The highest BCUT2D eigenvalue weighted by atomic mass is 16.2. The first-order valence-corrected chi connectivity index (χ1v) is 4.15. The van der Waals surface area contributed by atoms with Crippen LogP contribution in [0, 0.1) is 0 Å². The Balaban J connectivity index is 2.53. The van der Waals surface area contributed by atoms with Gasteiger partial charge in [-0.15, -0.1) is 0 Å². The molecule has 7 heteroatoms. The molecule has 2 bridgehead atoms. The second kappa shape index (κ2) is 2.32. The SMILES string of the molecule is NC(=O)n1ncc2c3c(=O)n(cc21)C=N3. The number of nitrogens with two attached hydrogens (primary N) is 1. The third-order valence-corrected chi connectivity index (χ3v) is 2.28. The lowest BCUT2D eigenvalue weighted by Gasteiger charge is -1.97. The average Bonchev–Trinajstić information content (AvgIpc) is 2.69. The molecule has 1 amide bonds. The average molecular weight is 203 g/mol. The van der Waals surface area contributed by atoms with Crippen LogP contribution < -0.4 is 11.3 Å². The van der Waals surface area contributed by atoms with Crippen molar-refractivity contribution in [3.8, 4) is 0 Å². The molecular formula is C8H5N5O2. The molecule has 3 rings (SSSR count). The van der Waals surface area contributed by atoms with Crippen LogP contribution in [0.5, 0.6) is 0 Å². The number of nitrogens with zero attached hydrogens (tertiary/aromatic N) is 4. The normalized spacial score (nSPS) is 12.5. The smallest absolute Gasteiger partial charge is 0.340 e. The van der Waals surface area contributed by atoms with Crippen molar-refractivity contribution in [1.82, 2.24) is 14.3 Å². The topological polar surface area (TPSA) is 95.3 Å². The van der Waals surface area contributed by atoms with Gasteiger partial charge in [-0.2, -0.15) is 9.78 Å². The van der Waals surface area contributed by atoms with Crippen molar-refractivity contribution in [2.75, 3.05) is 0 Å². The molecule has 1 aliphatic rings. The summed E-state index contributed by atoms with van der Waals surface area (Å²) >= 11 is 0. The van der Waals surface area contributed by atoms with Crippen LogP contribution in [0.4, 0.5) is 10.5 Å². The Morgan fingerprint density at radius 1 is 1.47 bits per heavy atom. The van der Waals surface area contributed by atoms with Crippen LogP contribution in [0.1, 0.15) is 0 Å². The summed E-state index contributed by atoms with van der Waals surface area (Å²) in [5.74, 6) is 0. The van der Waals surface area contributed by atoms with Gasteiger partial charge in [-0.25, -0.2) is 9.79 Å². The van der Waals surface area contributed by atoms with Gasteiger partial charge in [0, 0.05) is 6.20 Å². The Labute approximate surface area is 82.4 Å². The van der Waals surface area contributed by atoms with Crippen LogP contribution in [0.25, 0.3) is 10.9 Å². The molecule has 0 radical (unpaired) electrons. The first-order valence-electron chi connectivity index (χ1n) is 4.15. The van der Waals surface area contributed by atoms with Gasteiger partial charge < -0.3 is 5.73 Å². The summed E-state index contributed by atoms with van der Waals surface area (Å²) in [5, 5.41) is 4.32. The lowest BCUT2D eigenvalue weighted by molar-refractivity contribution is 0.248. The van der Waals surface area contributed by atoms with Gasteiger partial charge in [0.15, 0.2) is 0 Å². The molecule has 0 spiro atoms. The van der Waals surface area contributed by atoms with Gasteiger partial charge in [0.2, 0.25) is 0 Å². The zero-order valence-corrected chi connectivity index (χ0v) is 7.41. The number of pyridine rings is 1. The molecule has 0 unspecified atom stereocenters. The molecule has 0 aromatic carbocycles. The zero-order chi connectivity index (χ0) is 10.6. The van der Waals surface area contributed by atoms with Crippen LogP contribution in [0.2, 0.25) is 0 Å². The van der Waals surface area contributed by atoms with Gasteiger partial charge in [0.05, 0.1) is 17.1 Å². The first kappa shape index (κ1) is 7.92. The van der Waals surface area contributed by atoms with Crippen molar-refractivity contribution in [2.45, 2.75) is 0 Å². The molecule has 2 aromatic rings. The highest BCUT2D eigenvalue weighted by Gasteiger charge is 2.17. The van der Waals surface area contributed by atoms with E-state index in [-0.39, 0.29) is 5.56 Å². The van der Waals surface area contributed by atoms with Crippen LogP contribution in [-0.2, 0) is 0 Å². The Morgan fingerprint density at radius 2 is 2.27 bits per heavy atom. The van der Waals surface area contributed by atoms with Gasteiger partial charge in [-0.1, -0.05) is 0 Å². The monoisotopic (exact) mass is 203 g/mol. The molecular weight excluding hydrogens is 198 g/mol. The number of hydrogen-bond donors (Lipinski definition) is 1. The quantitative estimate of drug-likeness (QED) is 0.540. The number of aromatic nitrogens is 3. The summed E-state index contributed by atoms with van der Waals surface area (Å²) < 4.78 is 2.32. The van der Waals surface area contributed by atoms with Crippen molar-refractivity contribution >= 4 is 29.0 Å². The number of carbonyl (C=O) groups is 1. The fourth-order valence-corrected chi connectivity index (χ4v) is 1.60. The van der Waals surface area contributed by atoms with Crippen LogP contribution in [0.15, 0.2) is 22.2 Å². The fraction of sp³-hybridized carbons (Fsp3) is 0. The number of rotatable bonds is 0. The summed E-state index contributed by atoms with van der Waals surface area (Å²) in [5.41, 5.74) is 5.67. The molecule has 0 atom stereocenters. The summed E-state index contributed by atoms with van der Waals surface area (Å²) in [6.45, 7) is 0. The molecule has 1 aliphatic heterocycles. The van der Waals surface area contributed by atoms with Crippen molar-refractivity contribution in [2.24, 2.45) is 10.7 Å². The second-order valence-corrected chi connectivity index (χ2v) is 3.13. The third kappa shape index (κ3) is 0.836. The molecule has 0 saturated heterocycles. The fourth-order valence-electron chi connectivity index (χ4n) is 1.60. The molecule has 74 valence electrons. The molecule has 2 N–H and O–H groups in total. The lowest BCUT2D eigenvalue weighted by atomic mass is 10.3. The Kier molecular flexibility index (Phi) is 1.23. The van der Waals surface area contributed by atoms with Gasteiger partial charge in [0.1, 0.15) is 12.0 Å².